The fourth-order valence-electron chi connectivity index (χ4n) is 5.45. The Hall–Kier alpha value is -1.25. The van der Waals surface area contributed by atoms with Crippen molar-refractivity contribution in [3.8, 4) is 0 Å². The van der Waals surface area contributed by atoms with Crippen molar-refractivity contribution in [2.45, 2.75) is 57.8 Å². The van der Waals surface area contributed by atoms with Gasteiger partial charge in [-0.05, 0) is 70.1 Å². The van der Waals surface area contributed by atoms with Crippen LogP contribution in [0.3, 0.4) is 0 Å². The van der Waals surface area contributed by atoms with E-state index in [-0.39, 0.29) is 11.2 Å². The summed E-state index contributed by atoms with van der Waals surface area (Å²) in [6.45, 7) is 3.54. The van der Waals surface area contributed by atoms with Crippen molar-refractivity contribution in [2.24, 2.45) is 17.8 Å². The lowest BCUT2D eigenvalue weighted by atomic mass is 9.49. The van der Waals surface area contributed by atoms with E-state index in [4.69, 9.17) is 4.98 Å². The van der Waals surface area contributed by atoms with E-state index in [1.54, 1.807) is 13.1 Å². The van der Waals surface area contributed by atoms with Gasteiger partial charge in [-0.25, -0.2) is 9.97 Å². The van der Waals surface area contributed by atoms with Crippen LogP contribution in [-0.2, 0) is 5.41 Å². The molecule has 3 heteroatoms. The van der Waals surface area contributed by atoms with Gasteiger partial charge in [0.15, 0.2) is 5.78 Å². The number of aromatic nitrogens is 2. The van der Waals surface area contributed by atoms with Gasteiger partial charge in [-0.2, -0.15) is 0 Å². The predicted octanol–water partition coefficient (Wildman–Crippen LogP) is 3.46. The Morgan fingerprint density at radius 1 is 1.15 bits per heavy atom. The maximum atomic E-state index is 11.5. The fraction of sp³-hybridized carbons (Fsp3) is 0.706. The first-order valence-corrected chi connectivity index (χ1v) is 7.91. The zero-order valence-corrected chi connectivity index (χ0v) is 12.4. The minimum atomic E-state index is 0.0690. The molecule has 0 atom stereocenters. The SMILES string of the molecule is CC(=O)c1cnc(C23CC4CC(CC(C4)C2)C3)nc1C. The maximum absolute atomic E-state index is 11.5. The normalized spacial score (nSPS) is 38.2. The van der Waals surface area contributed by atoms with Gasteiger partial charge >= 0.3 is 0 Å². The quantitative estimate of drug-likeness (QED) is 0.773. The van der Waals surface area contributed by atoms with Crippen LogP contribution in [0.5, 0.6) is 0 Å². The van der Waals surface area contributed by atoms with Crippen molar-refractivity contribution < 1.29 is 4.79 Å². The number of hydrogen-bond acceptors (Lipinski definition) is 3. The van der Waals surface area contributed by atoms with Crippen LogP contribution in [0.1, 0.15) is 67.3 Å². The van der Waals surface area contributed by atoms with Gasteiger partial charge in [0.05, 0.1) is 11.3 Å². The van der Waals surface area contributed by atoms with Crippen molar-refractivity contribution in [2.75, 3.05) is 0 Å². The average molecular weight is 270 g/mol. The summed E-state index contributed by atoms with van der Waals surface area (Å²) in [6.07, 6.45) is 9.89. The highest BCUT2D eigenvalue weighted by atomic mass is 16.1. The minimum absolute atomic E-state index is 0.0690. The lowest BCUT2D eigenvalue weighted by Crippen LogP contribution is -2.49. The third-order valence-corrected chi connectivity index (χ3v) is 5.87. The van der Waals surface area contributed by atoms with E-state index < -0.39 is 0 Å². The summed E-state index contributed by atoms with van der Waals surface area (Å²) in [7, 11) is 0. The third-order valence-electron chi connectivity index (χ3n) is 5.87. The Morgan fingerprint density at radius 3 is 2.15 bits per heavy atom. The van der Waals surface area contributed by atoms with E-state index in [0.29, 0.717) is 5.56 Å². The molecule has 106 valence electrons. The van der Waals surface area contributed by atoms with Crippen molar-refractivity contribution in [1.29, 1.82) is 0 Å². The van der Waals surface area contributed by atoms with Crippen molar-refractivity contribution in [3.63, 3.8) is 0 Å². The summed E-state index contributed by atoms with van der Waals surface area (Å²) < 4.78 is 0. The second-order valence-electron chi connectivity index (χ2n) is 7.45. The molecule has 1 heterocycles. The number of ketones is 1. The van der Waals surface area contributed by atoms with E-state index in [0.717, 1.165) is 29.3 Å². The Balaban J connectivity index is 1.74. The molecule has 0 amide bonds. The van der Waals surface area contributed by atoms with Crippen LogP contribution >= 0.6 is 0 Å². The van der Waals surface area contributed by atoms with Crippen molar-refractivity contribution in [3.05, 3.63) is 23.3 Å². The molecule has 4 aliphatic carbocycles. The standard InChI is InChI=1S/C17H22N2O/c1-10-15(11(2)20)9-18-16(19-10)17-6-12-3-13(7-17)5-14(4-12)8-17/h9,12-14H,3-8H2,1-2H3. The van der Waals surface area contributed by atoms with Crippen molar-refractivity contribution >= 4 is 5.78 Å². The van der Waals surface area contributed by atoms with E-state index in [1.807, 2.05) is 6.92 Å². The summed E-state index contributed by atoms with van der Waals surface area (Å²) in [5.74, 6) is 3.80. The maximum Gasteiger partial charge on any atom is 0.163 e. The number of carbonyl (C=O) groups is 1. The van der Waals surface area contributed by atoms with E-state index in [1.165, 1.54) is 38.5 Å². The minimum Gasteiger partial charge on any atom is -0.294 e. The van der Waals surface area contributed by atoms with Crippen LogP contribution in [0.25, 0.3) is 0 Å². The zero-order valence-electron chi connectivity index (χ0n) is 12.4. The number of Topliss-reactive ketones (excluding diaryl/α,β-unsaturated/α-hetero) is 1. The molecule has 0 aromatic carbocycles. The lowest BCUT2D eigenvalue weighted by Gasteiger charge is -2.56. The highest BCUT2D eigenvalue weighted by molar-refractivity contribution is 5.94. The highest BCUT2D eigenvalue weighted by Gasteiger charge is 2.53. The fourth-order valence-corrected chi connectivity index (χ4v) is 5.45. The first kappa shape index (κ1) is 12.5. The highest BCUT2D eigenvalue weighted by Crippen LogP contribution is 2.60. The van der Waals surface area contributed by atoms with Gasteiger partial charge in [-0.15, -0.1) is 0 Å². The summed E-state index contributed by atoms with van der Waals surface area (Å²) >= 11 is 0. The lowest BCUT2D eigenvalue weighted by molar-refractivity contribution is -0.00949. The smallest absolute Gasteiger partial charge is 0.163 e. The Bertz CT molecular complexity index is 543. The largest absolute Gasteiger partial charge is 0.294 e. The molecule has 1 aromatic rings. The van der Waals surface area contributed by atoms with Gasteiger partial charge in [0, 0.05) is 11.6 Å². The molecule has 20 heavy (non-hydrogen) atoms. The number of carbonyl (C=O) groups excluding carboxylic acids is 1. The van der Waals surface area contributed by atoms with Crippen LogP contribution in [0.15, 0.2) is 6.20 Å². The number of rotatable bonds is 2. The number of aryl methyl sites for hydroxylation is 1. The molecule has 1 aromatic heterocycles. The van der Waals surface area contributed by atoms with Crippen LogP contribution in [-0.4, -0.2) is 15.8 Å². The van der Waals surface area contributed by atoms with Crippen LogP contribution in [0, 0.1) is 24.7 Å². The molecule has 0 spiro atoms. The molecule has 0 radical (unpaired) electrons. The molecule has 4 bridgehead atoms. The van der Waals surface area contributed by atoms with Gasteiger partial charge in [-0.1, -0.05) is 0 Å². The van der Waals surface area contributed by atoms with Gasteiger partial charge in [0.1, 0.15) is 5.82 Å². The predicted molar refractivity (Wildman–Crippen MR) is 76.6 cm³/mol. The van der Waals surface area contributed by atoms with Gasteiger partial charge < -0.3 is 0 Å². The molecular weight excluding hydrogens is 248 g/mol. The third kappa shape index (κ3) is 1.75. The second-order valence-corrected chi connectivity index (χ2v) is 7.45. The molecule has 4 fully saturated rings. The Kier molecular flexibility index (Phi) is 2.57. The van der Waals surface area contributed by atoms with Crippen LogP contribution in [0.4, 0.5) is 0 Å². The molecule has 5 rings (SSSR count). The van der Waals surface area contributed by atoms with E-state index in [2.05, 4.69) is 4.98 Å². The first-order chi connectivity index (χ1) is 9.56. The summed E-state index contributed by atoms with van der Waals surface area (Å²) in [4.78, 5) is 20.9. The van der Waals surface area contributed by atoms with Gasteiger partial charge in [-0.3, -0.25) is 4.79 Å². The van der Waals surface area contributed by atoms with Gasteiger partial charge in [0.25, 0.3) is 0 Å². The number of nitrogens with zero attached hydrogens (tertiary/aromatic N) is 2. The summed E-state index contributed by atoms with van der Waals surface area (Å²) in [6, 6.07) is 0. The van der Waals surface area contributed by atoms with Crippen LogP contribution < -0.4 is 0 Å². The topological polar surface area (TPSA) is 42.9 Å². The molecule has 0 saturated heterocycles. The number of hydrogen-bond donors (Lipinski definition) is 0. The monoisotopic (exact) mass is 270 g/mol. The van der Waals surface area contributed by atoms with E-state index >= 15 is 0 Å². The zero-order chi connectivity index (χ0) is 13.9. The molecule has 0 N–H and O–H groups in total. The summed E-state index contributed by atoms with van der Waals surface area (Å²) in [5.41, 5.74) is 1.77. The molecular formula is C17H22N2O. The Labute approximate surface area is 120 Å². The van der Waals surface area contributed by atoms with Crippen LogP contribution in [0.2, 0.25) is 0 Å². The molecule has 4 aliphatic rings. The molecule has 0 unspecified atom stereocenters. The molecule has 3 nitrogen and oxygen atoms in total. The van der Waals surface area contributed by atoms with E-state index in [9.17, 15) is 4.79 Å². The Morgan fingerprint density at radius 2 is 1.70 bits per heavy atom. The summed E-state index contributed by atoms with van der Waals surface area (Å²) in [5, 5.41) is 0. The molecule has 4 saturated carbocycles. The second kappa shape index (κ2) is 4.12. The molecule has 0 aliphatic heterocycles. The first-order valence-electron chi connectivity index (χ1n) is 7.91. The van der Waals surface area contributed by atoms with Crippen molar-refractivity contribution in [1.82, 2.24) is 9.97 Å². The average Bonchev–Trinajstić information content (AvgIpc) is 2.36. The van der Waals surface area contributed by atoms with Gasteiger partial charge in [0.2, 0.25) is 0 Å².